The molecule has 0 N–H and O–H groups in total. The fourth-order valence-corrected chi connectivity index (χ4v) is 10.4. The first-order valence-corrected chi connectivity index (χ1v) is 20.7. The van der Waals surface area contributed by atoms with Crippen molar-refractivity contribution in [1.29, 1.82) is 0 Å². The van der Waals surface area contributed by atoms with Gasteiger partial charge in [-0.3, -0.25) is 0 Å². The molecule has 2 unspecified atom stereocenters. The molecule has 12 rings (SSSR count). The van der Waals surface area contributed by atoms with Gasteiger partial charge in [0.25, 0.3) is 0 Å². The van der Waals surface area contributed by atoms with Crippen LogP contribution < -0.4 is 0 Å². The van der Waals surface area contributed by atoms with E-state index >= 15 is 0 Å². The van der Waals surface area contributed by atoms with Gasteiger partial charge in [-0.25, -0.2) is 24.9 Å². The van der Waals surface area contributed by atoms with Crippen molar-refractivity contribution in [2.75, 3.05) is 0 Å². The van der Waals surface area contributed by atoms with Gasteiger partial charge < -0.3 is 0 Å². The quantitative estimate of drug-likeness (QED) is 0.154. The topological polar surface area (TPSA) is 64.5 Å². The zero-order valence-electron chi connectivity index (χ0n) is 32.4. The number of nitrogens with zero attached hydrogens (tertiary/aromatic N) is 5. The van der Waals surface area contributed by atoms with Crippen molar-refractivity contribution in [2.45, 2.75) is 24.7 Å². The molecule has 3 aliphatic carbocycles. The molecule has 7 aromatic carbocycles. The molecule has 3 saturated carbocycles. The Labute approximate surface area is 343 Å². The monoisotopic (exact) mass is 757 g/mol. The number of fused-ring (bicyclic) bond motifs is 1. The predicted octanol–water partition coefficient (Wildman–Crippen LogP) is 12.8. The zero-order chi connectivity index (χ0) is 38.9. The van der Waals surface area contributed by atoms with E-state index in [1.807, 2.05) is 30.3 Å². The highest BCUT2D eigenvalue weighted by atomic mass is 15.0. The predicted molar refractivity (Wildman–Crippen MR) is 237 cm³/mol. The highest BCUT2D eigenvalue weighted by molar-refractivity contribution is 5.87. The summed E-state index contributed by atoms with van der Waals surface area (Å²) in [5, 5.41) is 2.32. The minimum Gasteiger partial charge on any atom is -0.228 e. The SMILES string of the molecule is c1ccc(-c2cc(-c3cccc(C45CC6CC(C4)C65)c3)nc(-c3cccc(-c4cccc(-c5nc(-c6ccccc6)nc(-c6ccc7ccccc7c6)n5)c4)c3)n2)cc1. The fraction of sp³-hybridized carbons (Fsp3) is 0.130. The van der Waals surface area contributed by atoms with Crippen LogP contribution in [0.25, 0.3) is 90.0 Å². The lowest BCUT2D eigenvalue weighted by molar-refractivity contribution is -0.219. The Hall–Kier alpha value is -7.11. The van der Waals surface area contributed by atoms with Crippen LogP contribution >= 0.6 is 0 Å². The molecule has 5 heteroatoms. The normalized spacial score (nSPS) is 19.9. The standard InChI is InChI=1S/C54H39N5/c1-3-13-35(14-4-1)47-31-48(40-20-11-23-46(30-40)54-32-44-29-45(33-54)49(44)54)56-51(55-47)41-21-9-18-38(27-41)39-19-10-22-42(28-39)52-57-50(36-15-5-2-6-16-36)58-53(59-52)43-25-24-34-12-7-8-17-37(34)26-43/h1-28,30-31,44-45,49H,29,32-33H2. The van der Waals surface area contributed by atoms with E-state index in [9.17, 15) is 0 Å². The lowest BCUT2D eigenvalue weighted by Gasteiger charge is -2.76. The van der Waals surface area contributed by atoms with Crippen LogP contribution in [0.3, 0.4) is 0 Å². The Morgan fingerprint density at radius 2 is 0.831 bits per heavy atom. The van der Waals surface area contributed by atoms with E-state index in [2.05, 4.69) is 152 Å². The van der Waals surface area contributed by atoms with Crippen molar-refractivity contribution in [3.63, 3.8) is 0 Å². The molecule has 59 heavy (non-hydrogen) atoms. The van der Waals surface area contributed by atoms with Gasteiger partial charge in [-0.2, -0.15) is 0 Å². The maximum Gasteiger partial charge on any atom is 0.164 e. The minimum atomic E-state index is 0.396. The van der Waals surface area contributed by atoms with Crippen molar-refractivity contribution >= 4 is 10.8 Å². The van der Waals surface area contributed by atoms with Gasteiger partial charge in [0.15, 0.2) is 23.3 Å². The molecule has 0 bridgehead atoms. The minimum absolute atomic E-state index is 0.396. The molecule has 0 radical (unpaired) electrons. The summed E-state index contributed by atoms with van der Waals surface area (Å²) in [4.78, 5) is 25.6. The summed E-state index contributed by atoms with van der Waals surface area (Å²) in [6.45, 7) is 0. The molecule has 2 heterocycles. The number of rotatable bonds is 8. The second-order valence-electron chi connectivity index (χ2n) is 16.7. The molecule has 3 aliphatic rings. The second kappa shape index (κ2) is 13.5. The Bertz CT molecular complexity index is 3060. The first-order chi connectivity index (χ1) is 29.1. The summed E-state index contributed by atoms with van der Waals surface area (Å²) >= 11 is 0. The Morgan fingerprint density at radius 1 is 0.339 bits per heavy atom. The molecule has 0 amide bonds. The maximum absolute atomic E-state index is 5.28. The van der Waals surface area contributed by atoms with Crippen LogP contribution in [-0.2, 0) is 5.41 Å². The van der Waals surface area contributed by atoms with E-state index in [-0.39, 0.29) is 0 Å². The summed E-state index contributed by atoms with van der Waals surface area (Å²) in [6.07, 6.45) is 4.15. The van der Waals surface area contributed by atoms with Crippen LogP contribution in [0.5, 0.6) is 0 Å². The van der Waals surface area contributed by atoms with E-state index < -0.39 is 0 Å². The van der Waals surface area contributed by atoms with E-state index in [0.717, 1.165) is 79.0 Å². The maximum atomic E-state index is 5.28. The van der Waals surface area contributed by atoms with Gasteiger partial charge in [-0.05, 0) is 100 Å². The van der Waals surface area contributed by atoms with Crippen LogP contribution in [0.1, 0.15) is 24.8 Å². The van der Waals surface area contributed by atoms with Crippen LogP contribution in [-0.4, -0.2) is 24.9 Å². The molecular weight excluding hydrogens is 719 g/mol. The zero-order valence-corrected chi connectivity index (χ0v) is 32.4. The molecular formula is C54H39N5. The Balaban J connectivity index is 0.928. The van der Waals surface area contributed by atoms with Crippen LogP contribution in [0.2, 0.25) is 0 Å². The molecule has 3 fully saturated rings. The first kappa shape index (κ1) is 34.0. The van der Waals surface area contributed by atoms with E-state index in [0.29, 0.717) is 28.7 Å². The van der Waals surface area contributed by atoms with E-state index in [1.165, 1.54) is 30.2 Å². The first-order valence-electron chi connectivity index (χ1n) is 20.7. The van der Waals surface area contributed by atoms with Crippen molar-refractivity contribution in [1.82, 2.24) is 24.9 Å². The van der Waals surface area contributed by atoms with Crippen LogP contribution in [0.4, 0.5) is 0 Å². The van der Waals surface area contributed by atoms with Crippen molar-refractivity contribution in [3.8, 4) is 79.2 Å². The van der Waals surface area contributed by atoms with Gasteiger partial charge in [0.2, 0.25) is 0 Å². The summed E-state index contributed by atoms with van der Waals surface area (Å²) in [5.41, 5.74) is 11.9. The van der Waals surface area contributed by atoms with Crippen LogP contribution in [0.15, 0.2) is 182 Å². The lowest BCUT2D eigenvalue weighted by Crippen LogP contribution is -2.71. The summed E-state index contributed by atoms with van der Waals surface area (Å²) < 4.78 is 0. The highest BCUT2D eigenvalue weighted by Gasteiger charge is 2.71. The third kappa shape index (κ3) is 5.79. The summed E-state index contributed by atoms with van der Waals surface area (Å²) in [7, 11) is 0. The van der Waals surface area contributed by atoms with Crippen molar-refractivity contribution in [2.24, 2.45) is 17.8 Å². The third-order valence-corrected chi connectivity index (χ3v) is 13.3. The van der Waals surface area contributed by atoms with E-state index in [1.54, 1.807) is 0 Å². The molecule has 0 spiro atoms. The molecule has 0 saturated heterocycles. The van der Waals surface area contributed by atoms with Crippen molar-refractivity contribution in [3.05, 3.63) is 188 Å². The number of benzene rings is 7. The molecule has 9 aromatic rings. The Morgan fingerprint density at radius 3 is 1.47 bits per heavy atom. The average molecular weight is 758 g/mol. The molecule has 5 nitrogen and oxygen atoms in total. The lowest BCUT2D eigenvalue weighted by atomic mass is 9.28. The smallest absolute Gasteiger partial charge is 0.164 e. The number of hydrogen-bond acceptors (Lipinski definition) is 5. The number of aromatic nitrogens is 5. The van der Waals surface area contributed by atoms with E-state index in [4.69, 9.17) is 24.9 Å². The molecule has 2 aromatic heterocycles. The molecule has 280 valence electrons. The van der Waals surface area contributed by atoms with Crippen molar-refractivity contribution < 1.29 is 0 Å². The molecule has 0 aliphatic heterocycles. The summed E-state index contributed by atoms with van der Waals surface area (Å²) in [6, 6.07) is 63.7. The van der Waals surface area contributed by atoms with Crippen LogP contribution in [0, 0.1) is 17.8 Å². The van der Waals surface area contributed by atoms with Gasteiger partial charge in [0.05, 0.1) is 11.4 Å². The number of hydrogen-bond donors (Lipinski definition) is 0. The largest absolute Gasteiger partial charge is 0.228 e. The van der Waals surface area contributed by atoms with Gasteiger partial charge in [0, 0.05) is 33.4 Å². The van der Waals surface area contributed by atoms with Gasteiger partial charge >= 0.3 is 0 Å². The van der Waals surface area contributed by atoms with Gasteiger partial charge in [-0.1, -0.05) is 152 Å². The van der Waals surface area contributed by atoms with Gasteiger partial charge in [-0.15, -0.1) is 0 Å². The van der Waals surface area contributed by atoms with Gasteiger partial charge in [0.1, 0.15) is 0 Å². The second-order valence-corrected chi connectivity index (χ2v) is 16.7. The average Bonchev–Trinajstić information content (AvgIpc) is 3.31. The fourth-order valence-electron chi connectivity index (χ4n) is 10.4. The Kier molecular flexibility index (Phi) is 7.77. The molecule has 2 atom stereocenters. The summed E-state index contributed by atoms with van der Waals surface area (Å²) in [5.74, 6) is 5.43. The highest BCUT2D eigenvalue weighted by Crippen LogP contribution is 2.77. The third-order valence-electron chi connectivity index (χ3n) is 13.3.